The van der Waals surface area contributed by atoms with E-state index in [0.717, 1.165) is 12.1 Å². The predicted octanol–water partition coefficient (Wildman–Crippen LogP) is 4.97. The van der Waals surface area contributed by atoms with E-state index in [2.05, 4.69) is 4.52 Å². The molecule has 0 unspecified atom stereocenters. The Balaban J connectivity index is 2.49. The molecule has 0 radical (unpaired) electrons. The monoisotopic (exact) mass is 360 g/mol. The highest BCUT2D eigenvalue weighted by Gasteiger charge is 2.30. The molecular weight excluding hydrogens is 344 g/mol. The molecule has 8 heteroatoms. The summed E-state index contributed by atoms with van der Waals surface area (Å²) in [4.78, 5) is 17.9. The fraction of sp³-hybridized carbons (Fsp3) is 0.250. The summed E-state index contributed by atoms with van der Waals surface area (Å²) in [6, 6.07) is 9.26. The lowest BCUT2D eigenvalue weighted by Crippen LogP contribution is -2.04. The highest BCUT2D eigenvalue weighted by molar-refractivity contribution is 7.46. The molecule has 0 heterocycles. The molecule has 0 saturated heterocycles. The second kappa shape index (κ2) is 6.59. The van der Waals surface area contributed by atoms with E-state index < -0.39 is 19.6 Å². The van der Waals surface area contributed by atoms with Gasteiger partial charge in [-0.25, -0.2) is 4.57 Å². The van der Waals surface area contributed by atoms with Gasteiger partial charge in [-0.1, -0.05) is 32.0 Å². The minimum atomic E-state index is -4.72. The molecule has 0 bridgehead atoms. The summed E-state index contributed by atoms with van der Waals surface area (Å²) < 4.78 is 54.2. The highest BCUT2D eigenvalue weighted by atomic mass is 31.2. The van der Waals surface area contributed by atoms with E-state index in [1.807, 2.05) is 0 Å². The number of alkyl halides is 3. The fourth-order valence-corrected chi connectivity index (χ4v) is 2.69. The number of phosphoric ester groups is 1. The van der Waals surface area contributed by atoms with E-state index >= 15 is 0 Å². The maximum absolute atomic E-state index is 12.8. The van der Waals surface area contributed by atoms with Crippen LogP contribution in [-0.4, -0.2) is 9.79 Å². The first-order chi connectivity index (χ1) is 11.0. The molecule has 2 aromatic carbocycles. The van der Waals surface area contributed by atoms with Crippen LogP contribution in [-0.2, 0) is 10.7 Å². The molecule has 4 nitrogen and oxygen atoms in total. The molecule has 0 fully saturated rings. The summed E-state index contributed by atoms with van der Waals surface area (Å²) in [6.07, 6.45) is -4.44. The van der Waals surface area contributed by atoms with Crippen LogP contribution >= 0.6 is 7.82 Å². The van der Waals surface area contributed by atoms with Crippen LogP contribution in [0, 0.1) is 0 Å². The van der Waals surface area contributed by atoms with Gasteiger partial charge in [0.25, 0.3) is 0 Å². The Bertz CT molecular complexity index is 781. The largest absolute Gasteiger partial charge is 0.524 e. The maximum Gasteiger partial charge on any atom is 0.524 e. The average Bonchev–Trinajstić information content (AvgIpc) is 2.45. The van der Waals surface area contributed by atoms with Crippen molar-refractivity contribution in [3.05, 3.63) is 53.6 Å². The third kappa shape index (κ3) is 4.60. The lowest BCUT2D eigenvalue weighted by atomic mass is 9.95. The third-order valence-electron chi connectivity index (χ3n) is 3.37. The number of benzene rings is 2. The van der Waals surface area contributed by atoms with Crippen molar-refractivity contribution in [2.24, 2.45) is 0 Å². The Morgan fingerprint density at radius 3 is 2.21 bits per heavy atom. The van der Waals surface area contributed by atoms with Crippen molar-refractivity contribution in [2.45, 2.75) is 25.9 Å². The highest BCUT2D eigenvalue weighted by Crippen LogP contribution is 2.42. The molecule has 130 valence electrons. The molecule has 0 aliphatic carbocycles. The van der Waals surface area contributed by atoms with Gasteiger partial charge < -0.3 is 4.52 Å². The van der Waals surface area contributed by atoms with Gasteiger partial charge in [0.1, 0.15) is 5.75 Å². The van der Waals surface area contributed by atoms with Gasteiger partial charge >= 0.3 is 14.0 Å². The number of rotatable bonds is 4. The first kappa shape index (κ1) is 18.5. The van der Waals surface area contributed by atoms with E-state index in [1.165, 1.54) is 24.3 Å². The minimum Gasteiger partial charge on any atom is -0.404 e. The van der Waals surface area contributed by atoms with Crippen LogP contribution in [0.25, 0.3) is 11.1 Å². The van der Waals surface area contributed by atoms with E-state index in [-0.39, 0.29) is 11.7 Å². The van der Waals surface area contributed by atoms with Crippen LogP contribution < -0.4 is 4.52 Å². The molecule has 0 saturated carbocycles. The van der Waals surface area contributed by atoms with Crippen LogP contribution in [0.2, 0.25) is 0 Å². The van der Waals surface area contributed by atoms with E-state index in [0.29, 0.717) is 16.7 Å². The van der Waals surface area contributed by atoms with Crippen molar-refractivity contribution >= 4 is 7.82 Å². The van der Waals surface area contributed by atoms with Crippen LogP contribution in [0.1, 0.15) is 30.9 Å². The molecule has 0 atom stereocenters. The molecule has 0 amide bonds. The predicted molar refractivity (Wildman–Crippen MR) is 83.6 cm³/mol. The van der Waals surface area contributed by atoms with Gasteiger partial charge in [-0.15, -0.1) is 0 Å². The van der Waals surface area contributed by atoms with Gasteiger partial charge in [0.2, 0.25) is 0 Å². The summed E-state index contributed by atoms with van der Waals surface area (Å²) in [5, 5.41) is 0. The lowest BCUT2D eigenvalue weighted by molar-refractivity contribution is -0.137. The van der Waals surface area contributed by atoms with Gasteiger partial charge in [0.15, 0.2) is 0 Å². The lowest BCUT2D eigenvalue weighted by Gasteiger charge is -2.16. The van der Waals surface area contributed by atoms with Crippen LogP contribution in [0.5, 0.6) is 5.75 Å². The molecule has 0 aliphatic rings. The molecule has 2 N–H and O–H groups in total. The molecule has 0 spiro atoms. The normalized spacial score (nSPS) is 12.5. The van der Waals surface area contributed by atoms with E-state index in [4.69, 9.17) is 9.79 Å². The Hall–Kier alpha value is -1.82. The zero-order valence-corrected chi connectivity index (χ0v) is 13.8. The molecule has 0 aliphatic heterocycles. The third-order valence-corrected chi connectivity index (χ3v) is 3.81. The van der Waals surface area contributed by atoms with Gasteiger partial charge in [-0.2, -0.15) is 13.2 Å². The first-order valence-electron chi connectivity index (χ1n) is 7.04. The molecule has 2 rings (SSSR count). The van der Waals surface area contributed by atoms with Crippen molar-refractivity contribution in [3.8, 4) is 16.9 Å². The molecular formula is C16H16F3O4P. The van der Waals surface area contributed by atoms with Crippen LogP contribution in [0.3, 0.4) is 0 Å². The second-order valence-corrected chi connectivity index (χ2v) is 6.73. The number of halogens is 3. The first-order valence-corrected chi connectivity index (χ1v) is 8.57. The van der Waals surface area contributed by atoms with E-state index in [9.17, 15) is 17.7 Å². The summed E-state index contributed by atoms with van der Waals surface area (Å²) >= 11 is 0. The average molecular weight is 360 g/mol. The van der Waals surface area contributed by atoms with E-state index in [1.54, 1.807) is 19.9 Å². The van der Waals surface area contributed by atoms with Crippen molar-refractivity contribution in [2.75, 3.05) is 0 Å². The number of hydrogen-bond donors (Lipinski definition) is 2. The van der Waals surface area contributed by atoms with Crippen molar-refractivity contribution in [1.29, 1.82) is 0 Å². The van der Waals surface area contributed by atoms with Crippen LogP contribution in [0.15, 0.2) is 42.5 Å². The molecule has 24 heavy (non-hydrogen) atoms. The van der Waals surface area contributed by atoms with Crippen LogP contribution in [0.4, 0.5) is 13.2 Å². The van der Waals surface area contributed by atoms with Gasteiger partial charge in [0.05, 0.1) is 5.56 Å². The fourth-order valence-electron chi connectivity index (χ4n) is 2.27. The zero-order valence-electron chi connectivity index (χ0n) is 12.9. The maximum atomic E-state index is 12.8. The Labute approximate surface area is 137 Å². The second-order valence-electron chi connectivity index (χ2n) is 5.57. The molecule has 2 aromatic rings. The van der Waals surface area contributed by atoms with Crippen molar-refractivity contribution in [3.63, 3.8) is 0 Å². The van der Waals surface area contributed by atoms with Crippen molar-refractivity contribution in [1.82, 2.24) is 0 Å². The quantitative estimate of drug-likeness (QED) is 0.756. The summed E-state index contributed by atoms with van der Waals surface area (Å²) in [5.74, 6) is -0.133. The van der Waals surface area contributed by atoms with Gasteiger partial charge in [0, 0.05) is 0 Å². The standard InChI is InChI=1S/C16H16F3O4P/c1-10(2)14-9-12(6-7-15(14)23-24(20,21)22)11-4-3-5-13(8-11)16(17,18)19/h3-10H,1-2H3,(H2,20,21,22). The smallest absolute Gasteiger partial charge is 0.404 e. The number of phosphoric acid groups is 1. The topological polar surface area (TPSA) is 66.8 Å². The Morgan fingerprint density at radius 1 is 1.04 bits per heavy atom. The SMILES string of the molecule is CC(C)c1cc(-c2cccc(C(F)(F)F)c2)ccc1OP(=O)(O)O. The number of hydrogen-bond acceptors (Lipinski definition) is 2. The van der Waals surface area contributed by atoms with Crippen molar-refractivity contribution < 1.29 is 32.0 Å². The minimum absolute atomic E-state index is 0.00839. The summed E-state index contributed by atoms with van der Waals surface area (Å²) in [6.45, 7) is 3.58. The Morgan fingerprint density at radius 2 is 1.67 bits per heavy atom. The van der Waals surface area contributed by atoms with Gasteiger partial charge in [-0.3, -0.25) is 9.79 Å². The summed E-state index contributed by atoms with van der Waals surface area (Å²) in [5.41, 5.74) is 0.590. The Kier molecular flexibility index (Phi) is 5.08. The van der Waals surface area contributed by atoms with Gasteiger partial charge in [-0.05, 0) is 46.9 Å². The summed E-state index contributed by atoms with van der Waals surface area (Å²) in [7, 11) is -4.72. The molecule has 0 aromatic heterocycles. The zero-order chi connectivity index (χ0) is 18.1.